The van der Waals surface area contributed by atoms with Crippen LogP contribution in [0.3, 0.4) is 0 Å². The van der Waals surface area contributed by atoms with Gasteiger partial charge in [-0.3, -0.25) is 4.79 Å². The van der Waals surface area contributed by atoms with Crippen LogP contribution >= 0.6 is 0 Å². The van der Waals surface area contributed by atoms with E-state index in [0.717, 1.165) is 0 Å². The lowest BCUT2D eigenvalue weighted by molar-refractivity contribution is -0.0107. The second-order valence-electron chi connectivity index (χ2n) is 6.29. The summed E-state index contributed by atoms with van der Waals surface area (Å²) in [4.78, 5) is 14.7. The van der Waals surface area contributed by atoms with E-state index in [1.54, 1.807) is 23.1 Å². The van der Waals surface area contributed by atoms with E-state index >= 15 is 0 Å². The quantitative estimate of drug-likeness (QED) is 0.842. The molecule has 25 heavy (non-hydrogen) atoms. The number of amides is 1. The first-order valence-corrected chi connectivity index (χ1v) is 8.25. The molecule has 0 spiro atoms. The van der Waals surface area contributed by atoms with Gasteiger partial charge >= 0.3 is 0 Å². The van der Waals surface area contributed by atoms with Crippen LogP contribution in [0.4, 0.5) is 0 Å². The average molecular weight is 345 g/mol. The van der Waals surface area contributed by atoms with Crippen LogP contribution in [0.5, 0.6) is 11.5 Å². The Bertz CT molecular complexity index is 788. The fourth-order valence-corrected chi connectivity index (χ4v) is 2.86. The molecule has 2 aromatic rings. The molecule has 8 nitrogen and oxygen atoms in total. The van der Waals surface area contributed by atoms with Crippen molar-refractivity contribution in [3.8, 4) is 11.5 Å². The molecule has 0 unspecified atom stereocenters. The van der Waals surface area contributed by atoms with Crippen molar-refractivity contribution in [1.82, 2.24) is 15.1 Å². The molecule has 1 fully saturated rings. The molecule has 3 heterocycles. The Morgan fingerprint density at radius 2 is 2.08 bits per heavy atom. The normalized spacial score (nSPS) is 19.5. The van der Waals surface area contributed by atoms with Crippen LogP contribution in [-0.4, -0.2) is 47.6 Å². The second kappa shape index (κ2) is 6.36. The highest BCUT2D eigenvalue weighted by atomic mass is 16.7. The minimum Gasteiger partial charge on any atom is -0.454 e. The van der Waals surface area contributed by atoms with Gasteiger partial charge in [0.25, 0.3) is 5.91 Å². The topological polar surface area (TPSA) is 86.9 Å². The molecule has 2 aliphatic heterocycles. The molecule has 1 aromatic heterocycles. The molecule has 2 aliphatic rings. The van der Waals surface area contributed by atoms with Crippen LogP contribution in [0.2, 0.25) is 0 Å². The smallest absolute Gasteiger partial charge is 0.254 e. The lowest BCUT2D eigenvalue weighted by Crippen LogP contribution is -2.43. The van der Waals surface area contributed by atoms with Gasteiger partial charge in [0.2, 0.25) is 18.6 Å². The van der Waals surface area contributed by atoms with Gasteiger partial charge in [0, 0.05) is 18.0 Å². The van der Waals surface area contributed by atoms with Gasteiger partial charge < -0.3 is 23.5 Å². The van der Waals surface area contributed by atoms with E-state index in [9.17, 15) is 4.79 Å². The summed E-state index contributed by atoms with van der Waals surface area (Å²) >= 11 is 0. The molecule has 1 amide bonds. The number of fused-ring (bicyclic) bond motifs is 1. The molecule has 0 saturated carbocycles. The van der Waals surface area contributed by atoms with Crippen molar-refractivity contribution in [3.05, 3.63) is 35.5 Å². The Morgan fingerprint density at radius 1 is 1.24 bits per heavy atom. The minimum atomic E-state index is -0.397. The summed E-state index contributed by atoms with van der Waals surface area (Å²) in [5, 5.41) is 8.17. The van der Waals surface area contributed by atoms with Gasteiger partial charge in [-0.2, -0.15) is 0 Å². The number of aromatic nitrogens is 2. The molecule has 132 valence electrons. The summed E-state index contributed by atoms with van der Waals surface area (Å²) in [6, 6.07) is 4.78. The fourth-order valence-electron chi connectivity index (χ4n) is 2.86. The van der Waals surface area contributed by atoms with E-state index in [1.165, 1.54) is 0 Å². The summed E-state index contributed by atoms with van der Waals surface area (Å²) in [6.07, 6.45) is 0. The monoisotopic (exact) mass is 345 g/mol. The maximum Gasteiger partial charge on any atom is 0.254 e. The molecular formula is C17H19N3O5. The minimum absolute atomic E-state index is 0.128. The maximum absolute atomic E-state index is 13.0. The Morgan fingerprint density at radius 3 is 2.88 bits per heavy atom. The number of carbonyl (C=O) groups excluding carboxylic acids is 1. The van der Waals surface area contributed by atoms with Crippen molar-refractivity contribution < 1.29 is 23.4 Å². The second-order valence-corrected chi connectivity index (χ2v) is 6.29. The van der Waals surface area contributed by atoms with Gasteiger partial charge in [-0.15, -0.1) is 10.2 Å². The third kappa shape index (κ3) is 2.93. The average Bonchev–Trinajstić information content (AvgIpc) is 3.29. The first kappa shape index (κ1) is 15.9. The van der Waals surface area contributed by atoms with Gasteiger partial charge in [0.15, 0.2) is 11.5 Å². The summed E-state index contributed by atoms with van der Waals surface area (Å²) in [5.74, 6) is 2.18. The molecule has 0 radical (unpaired) electrons. The van der Waals surface area contributed by atoms with Crippen molar-refractivity contribution in [2.45, 2.75) is 25.8 Å². The number of hydrogen-bond donors (Lipinski definition) is 0. The standard InChI is InChI=1S/C17H19N3O5/c1-10(2)15-18-19-16(25-15)12-8-22-6-5-20(12)17(21)11-3-4-13-14(7-11)24-9-23-13/h3-4,7,10,12H,5-6,8-9H2,1-2H3/t12-/m1/s1. The van der Waals surface area contributed by atoms with Gasteiger partial charge in [0.1, 0.15) is 6.04 Å². The van der Waals surface area contributed by atoms with Crippen molar-refractivity contribution in [1.29, 1.82) is 0 Å². The highest BCUT2D eigenvalue weighted by Gasteiger charge is 2.34. The Hall–Kier alpha value is -2.61. The zero-order valence-corrected chi connectivity index (χ0v) is 14.1. The summed E-state index contributed by atoms with van der Waals surface area (Å²) in [7, 11) is 0. The van der Waals surface area contributed by atoms with Crippen molar-refractivity contribution in [2.75, 3.05) is 26.6 Å². The highest BCUT2D eigenvalue weighted by Crippen LogP contribution is 2.34. The SMILES string of the molecule is CC(C)c1nnc([C@H]2COCCN2C(=O)c2ccc3c(c2)OCO3)o1. The van der Waals surface area contributed by atoms with Gasteiger partial charge in [-0.25, -0.2) is 0 Å². The fraction of sp³-hybridized carbons (Fsp3) is 0.471. The Labute approximate surface area is 144 Å². The van der Waals surface area contributed by atoms with Gasteiger partial charge in [-0.1, -0.05) is 13.8 Å². The van der Waals surface area contributed by atoms with Gasteiger partial charge in [-0.05, 0) is 18.2 Å². The number of rotatable bonds is 3. The van der Waals surface area contributed by atoms with Crippen molar-refractivity contribution in [3.63, 3.8) is 0 Å². The van der Waals surface area contributed by atoms with E-state index in [2.05, 4.69) is 10.2 Å². The van der Waals surface area contributed by atoms with E-state index in [4.69, 9.17) is 18.6 Å². The molecule has 0 N–H and O–H groups in total. The predicted octanol–water partition coefficient (Wildman–Crippen LogP) is 2.14. The summed E-state index contributed by atoms with van der Waals surface area (Å²) < 4.78 is 21.9. The lowest BCUT2D eigenvalue weighted by Gasteiger charge is -2.33. The van der Waals surface area contributed by atoms with E-state index in [0.29, 0.717) is 48.6 Å². The number of hydrogen-bond acceptors (Lipinski definition) is 7. The number of nitrogens with zero attached hydrogens (tertiary/aromatic N) is 3. The first-order chi connectivity index (χ1) is 12.1. The molecule has 0 bridgehead atoms. The van der Waals surface area contributed by atoms with Crippen LogP contribution in [0.1, 0.15) is 47.9 Å². The summed E-state index contributed by atoms with van der Waals surface area (Å²) in [5.41, 5.74) is 0.528. The molecular weight excluding hydrogens is 326 g/mol. The zero-order valence-electron chi connectivity index (χ0n) is 14.1. The van der Waals surface area contributed by atoms with E-state index in [-0.39, 0.29) is 18.6 Å². The van der Waals surface area contributed by atoms with Gasteiger partial charge in [0.05, 0.1) is 13.2 Å². The number of carbonyl (C=O) groups is 1. The number of benzene rings is 1. The molecule has 1 atom stereocenters. The highest BCUT2D eigenvalue weighted by molar-refractivity contribution is 5.95. The third-order valence-corrected chi connectivity index (χ3v) is 4.24. The van der Waals surface area contributed by atoms with Crippen LogP contribution in [0.25, 0.3) is 0 Å². The van der Waals surface area contributed by atoms with Crippen molar-refractivity contribution in [2.24, 2.45) is 0 Å². The maximum atomic E-state index is 13.0. The molecule has 1 aromatic carbocycles. The summed E-state index contributed by atoms with van der Waals surface area (Å²) in [6.45, 7) is 5.38. The van der Waals surface area contributed by atoms with Crippen molar-refractivity contribution >= 4 is 5.91 Å². The lowest BCUT2D eigenvalue weighted by atomic mass is 10.1. The molecule has 4 rings (SSSR count). The molecule has 1 saturated heterocycles. The predicted molar refractivity (Wildman–Crippen MR) is 85.5 cm³/mol. The van der Waals surface area contributed by atoms with E-state index in [1.807, 2.05) is 13.8 Å². The van der Waals surface area contributed by atoms with Crippen LogP contribution in [-0.2, 0) is 4.74 Å². The van der Waals surface area contributed by atoms with Crippen LogP contribution in [0, 0.1) is 0 Å². The van der Waals surface area contributed by atoms with Crippen LogP contribution in [0.15, 0.2) is 22.6 Å². The first-order valence-electron chi connectivity index (χ1n) is 8.25. The number of morpholine rings is 1. The Balaban J connectivity index is 1.60. The third-order valence-electron chi connectivity index (χ3n) is 4.24. The van der Waals surface area contributed by atoms with Crippen LogP contribution < -0.4 is 9.47 Å². The molecule has 0 aliphatic carbocycles. The zero-order chi connectivity index (χ0) is 17.4. The molecule has 8 heteroatoms. The largest absolute Gasteiger partial charge is 0.454 e. The Kier molecular flexibility index (Phi) is 4.04. The number of ether oxygens (including phenoxy) is 3. The van der Waals surface area contributed by atoms with E-state index < -0.39 is 6.04 Å².